The number of rotatable bonds is 5. The van der Waals surface area contributed by atoms with E-state index in [2.05, 4.69) is 17.1 Å². The highest BCUT2D eigenvalue weighted by Crippen LogP contribution is 2.42. The number of hydrogen-bond donors (Lipinski definition) is 1. The largest absolute Gasteiger partial charge is 0.497 e. The summed E-state index contributed by atoms with van der Waals surface area (Å²) in [6.45, 7) is 0. The van der Waals surface area contributed by atoms with Crippen LogP contribution in [0.5, 0.6) is 17.2 Å². The van der Waals surface area contributed by atoms with Crippen molar-refractivity contribution in [1.29, 1.82) is 0 Å². The zero-order valence-corrected chi connectivity index (χ0v) is 23.2. The summed E-state index contributed by atoms with van der Waals surface area (Å²) >= 11 is 1.42. The van der Waals surface area contributed by atoms with E-state index in [9.17, 15) is 4.79 Å². The van der Waals surface area contributed by atoms with Gasteiger partial charge in [-0.3, -0.25) is 9.36 Å². The van der Waals surface area contributed by atoms with Crippen LogP contribution in [0.15, 0.2) is 82.2 Å². The lowest BCUT2D eigenvalue weighted by atomic mass is 9.83. The molecule has 1 unspecified atom stereocenters. The van der Waals surface area contributed by atoms with E-state index in [1.54, 1.807) is 21.3 Å². The molecule has 0 amide bonds. The van der Waals surface area contributed by atoms with E-state index >= 15 is 0 Å². The van der Waals surface area contributed by atoms with Gasteiger partial charge in [0.1, 0.15) is 17.2 Å². The number of allylic oxidation sites excluding steroid dienone is 1. The van der Waals surface area contributed by atoms with Gasteiger partial charge in [-0.05, 0) is 84.1 Å². The van der Waals surface area contributed by atoms with E-state index in [0.717, 1.165) is 69.0 Å². The normalized spacial score (nSPS) is 16.3. The second kappa shape index (κ2) is 9.57. The quantitative estimate of drug-likeness (QED) is 0.341. The predicted molar refractivity (Wildman–Crippen MR) is 157 cm³/mol. The second-order valence-electron chi connectivity index (χ2n) is 9.91. The van der Waals surface area contributed by atoms with Gasteiger partial charge in [0.2, 0.25) is 0 Å². The maximum atomic E-state index is 14.1. The molecule has 1 N–H and O–H groups in total. The number of aryl methyl sites for hydroxylation is 1. The van der Waals surface area contributed by atoms with Crippen LogP contribution in [-0.4, -0.2) is 30.9 Å². The van der Waals surface area contributed by atoms with E-state index in [4.69, 9.17) is 19.2 Å². The maximum Gasteiger partial charge on any atom is 0.271 e. The summed E-state index contributed by atoms with van der Waals surface area (Å²) in [4.78, 5) is 23.2. The van der Waals surface area contributed by atoms with Crippen LogP contribution < -0.4 is 29.1 Å². The average molecular weight is 550 g/mol. The van der Waals surface area contributed by atoms with Crippen LogP contribution in [0.25, 0.3) is 22.7 Å². The summed E-state index contributed by atoms with van der Waals surface area (Å²) in [7, 11) is 5.00. The Kier molecular flexibility index (Phi) is 5.86. The zero-order valence-electron chi connectivity index (χ0n) is 22.4. The van der Waals surface area contributed by atoms with Gasteiger partial charge in [0.05, 0.1) is 37.6 Å². The fourth-order valence-electron chi connectivity index (χ4n) is 5.78. The third kappa shape index (κ3) is 3.86. The van der Waals surface area contributed by atoms with Crippen molar-refractivity contribution < 1.29 is 14.2 Å². The molecular weight excluding hydrogens is 522 g/mol. The van der Waals surface area contributed by atoms with Gasteiger partial charge >= 0.3 is 0 Å². The molecule has 7 rings (SSSR count). The number of aromatic amines is 1. The first-order valence-corrected chi connectivity index (χ1v) is 13.9. The molecule has 0 bridgehead atoms. The molecule has 40 heavy (non-hydrogen) atoms. The summed E-state index contributed by atoms with van der Waals surface area (Å²) in [5.74, 6) is 2.39. The summed E-state index contributed by atoms with van der Waals surface area (Å²) in [6, 6.07) is 19.8. The highest BCUT2D eigenvalue weighted by molar-refractivity contribution is 7.07. The number of ether oxygens (including phenoxy) is 3. The molecule has 8 heteroatoms. The van der Waals surface area contributed by atoms with Gasteiger partial charge in [-0.25, -0.2) is 4.99 Å². The Labute approximate surface area is 234 Å². The van der Waals surface area contributed by atoms with Crippen molar-refractivity contribution >= 4 is 34.0 Å². The number of nitrogens with zero attached hydrogens (tertiary/aromatic N) is 2. The topological polar surface area (TPSA) is 77.8 Å². The minimum Gasteiger partial charge on any atom is -0.497 e. The van der Waals surface area contributed by atoms with E-state index in [1.807, 2.05) is 65.4 Å². The van der Waals surface area contributed by atoms with Crippen molar-refractivity contribution in [2.24, 2.45) is 4.99 Å². The first-order chi connectivity index (χ1) is 19.6. The average Bonchev–Trinajstić information content (AvgIpc) is 3.55. The Morgan fingerprint density at radius 2 is 1.65 bits per heavy atom. The van der Waals surface area contributed by atoms with Gasteiger partial charge in [0, 0.05) is 28.2 Å². The first kappa shape index (κ1) is 24.5. The molecule has 1 aliphatic heterocycles. The lowest BCUT2D eigenvalue weighted by Gasteiger charge is -2.31. The number of hydrogen-bond acceptors (Lipinski definition) is 6. The van der Waals surface area contributed by atoms with E-state index in [-0.39, 0.29) is 11.6 Å². The van der Waals surface area contributed by atoms with Crippen molar-refractivity contribution in [2.75, 3.05) is 21.3 Å². The zero-order chi connectivity index (χ0) is 27.4. The summed E-state index contributed by atoms with van der Waals surface area (Å²) < 4.78 is 18.8. The Bertz CT molecular complexity index is 2000. The number of nitrogens with one attached hydrogen (secondary N) is 1. The Balaban J connectivity index is 1.46. The van der Waals surface area contributed by atoms with Gasteiger partial charge < -0.3 is 19.2 Å². The molecule has 200 valence electrons. The van der Waals surface area contributed by atoms with Gasteiger partial charge in [-0.15, -0.1) is 0 Å². The molecule has 0 saturated carbocycles. The molecule has 0 radical (unpaired) electrons. The van der Waals surface area contributed by atoms with E-state index in [0.29, 0.717) is 9.33 Å². The molecule has 1 aliphatic carbocycles. The van der Waals surface area contributed by atoms with Crippen molar-refractivity contribution in [3.8, 4) is 17.2 Å². The molecule has 2 aromatic heterocycles. The molecular formula is C32H27N3O4S. The van der Waals surface area contributed by atoms with Crippen LogP contribution in [0.1, 0.15) is 34.7 Å². The third-order valence-corrected chi connectivity index (χ3v) is 8.79. The van der Waals surface area contributed by atoms with E-state index in [1.165, 1.54) is 16.9 Å². The summed E-state index contributed by atoms with van der Waals surface area (Å²) in [6.07, 6.45) is 5.55. The monoisotopic (exact) mass is 549 g/mol. The lowest BCUT2D eigenvalue weighted by molar-refractivity contribution is 0.414. The number of H-pyrrole nitrogens is 1. The van der Waals surface area contributed by atoms with Crippen LogP contribution in [-0.2, 0) is 6.42 Å². The van der Waals surface area contributed by atoms with Crippen LogP contribution in [0.3, 0.4) is 0 Å². The second-order valence-corrected chi connectivity index (χ2v) is 10.9. The molecule has 3 aromatic carbocycles. The molecule has 0 spiro atoms. The van der Waals surface area contributed by atoms with E-state index < -0.39 is 0 Å². The Morgan fingerprint density at radius 1 is 0.925 bits per heavy atom. The summed E-state index contributed by atoms with van der Waals surface area (Å²) in [5, 5.41) is 0.999. The van der Waals surface area contributed by atoms with Crippen molar-refractivity contribution in [3.63, 3.8) is 0 Å². The Morgan fingerprint density at radius 3 is 2.42 bits per heavy atom. The fraction of sp³-hybridized carbons (Fsp3) is 0.188. The standard InChI is InChI=1S/C32H27N3O4S/c1-37-21-7-4-18(5-8-21)30-25-11-6-19-14-22(38-2)9-12-24(19)29(25)34-32-35(30)31(36)28(40-32)15-20-17-33-27-13-10-23(39-3)16-26(20)27/h4-5,7-10,12-17,30,33H,6,11H2,1-3H3/b28-15-. The smallest absolute Gasteiger partial charge is 0.271 e. The molecule has 2 aliphatic rings. The number of thiazole rings is 1. The van der Waals surface area contributed by atoms with Gasteiger partial charge in [0.25, 0.3) is 5.56 Å². The molecule has 7 nitrogen and oxygen atoms in total. The van der Waals surface area contributed by atoms with Crippen LogP contribution in [0.2, 0.25) is 0 Å². The Hall–Kier alpha value is -4.56. The van der Waals surface area contributed by atoms with Crippen molar-refractivity contribution in [1.82, 2.24) is 9.55 Å². The third-order valence-electron chi connectivity index (χ3n) is 7.81. The van der Waals surface area contributed by atoms with Crippen LogP contribution in [0.4, 0.5) is 0 Å². The molecule has 3 heterocycles. The van der Waals surface area contributed by atoms with Crippen LogP contribution >= 0.6 is 11.3 Å². The molecule has 0 fully saturated rings. The van der Waals surface area contributed by atoms with Gasteiger partial charge in [0.15, 0.2) is 4.80 Å². The van der Waals surface area contributed by atoms with Gasteiger partial charge in [-0.2, -0.15) is 0 Å². The minimum atomic E-state index is -0.252. The maximum absolute atomic E-state index is 14.1. The summed E-state index contributed by atoms with van der Waals surface area (Å²) in [5.41, 5.74) is 7.32. The highest BCUT2D eigenvalue weighted by Gasteiger charge is 2.32. The number of benzene rings is 3. The fourth-order valence-corrected chi connectivity index (χ4v) is 6.77. The van der Waals surface area contributed by atoms with Crippen molar-refractivity contribution in [3.05, 3.63) is 114 Å². The molecule has 1 atom stereocenters. The number of aromatic nitrogens is 2. The van der Waals surface area contributed by atoms with Gasteiger partial charge in [-0.1, -0.05) is 23.5 Å². The number of methoxy groups -OCH3 is 3. The minimum absolute atomic E-state index is 0.0473. The lowest BCUT2D eigenvalue weighted by Crippen LogP contribution is -2.38. The SMILES string of the molecule is COc1ccc(C2C3=C(N=c4s/c(=C\c5c[nH]c6ccc(OC)cc56)c(=O)n42)c2ccc(OC)cc2CC3)cc1. The molecule has 0 saturated heterocycles. The first-order valence-electron chi connectivity index (χ1n) is 13.1. The highest BCUT2D eigenvalue weighted by atomic mass is 32.1. The predicted octanol–water partition coefficient (Wildman–Crippen LogP) is 4.83. The number of fused-ring (bicyclic) bond motifs is 4. The van der Waals surface area contributed by atoms with Crippen LogP contribution in [0, 0.1) is 0 Å². The van der Waals surface area contributed by atoms with Crippen molar-refractivity contribution in [2.45, 2.75) is 18.9 Å². The molecule has 5 aromatic rings.